The van der Waals surface area contributed by atoms with Gasteiger partial charge in [-0.05, 0) is 37.6 Å². The number of carbonyl (C=O) groups is 2. The maximum Gasteiger partial charge on any atom is 0.251 e. The van der Waals surface area contributed by atoms with Gasteiger partial charge < -0.3 is 20.7 Å². The largest absolute Gasteiger partial charge is 0.399 e. The fourth-order valence-electron chi connectivity index (χ4n) is 2.22. The second-order valence-corrected chi connectivity index (χ2v) is 5.20. The molecule has 0 bridgehead atoms. The molecule has 0 spiro atoms. The monoisotopic (exact) mass is 291 g/mol. The number of rotatable bonds is 3. The van der Waals surface area contributed by atoms with E-state index in [4.69, 9.17) is 10.5 Å². The Hall–Kier alpha value is -2.08. The van der Waals surface area contributed by atoms with Crippen LogP contribution in [-0.4, -0.2) is 49.1 Å². The zero-order valence-electron chi connectivity index (χ0n) is 12.4. The zero-order chi connectivity index (χ0) is 15.4. The van der Waals surface area contributed by atoms with Crippen LogP contribution >= 0.6 is 0 Å². The van der Waals surface area contributed by atoms with E-state index in [1.165, 1.54) is 0 Å². The number of hydrogen-bond acceptors (Lipinski definition) is 4. The van der Waals surface area contributed by atoms with E-state index in [2.05, 4.69) is 5.32 Å². The summed E-state index contributed by atoms with van der Waals surface area (Å²) in [7, 11) is 0. The molecule has 1 atom stereocenters. The van der Waals surface area contributed by atoms with Gasteiger partial charge in [0, 0.05) is 24.3 Å². The second kappa shape index (κ2) is 6.58. The van der Waals surface area contributed by atoms with Crippen LogP contribution in [0.5, 0.6) is 0 Å². The first-order valence-electron chi connectivity index (χ1n) is 7.02. The molecule has 1 aliphatic rings. The predicted molar refractivity (Wildman–Crippen MR) is 79.9 cm³/mol. The lowest BCUT2D eigenvalue weighted by atomic mass is 10.1. The molecule has 2 amide bonds. The quantitative estimate of drug-likeness (QED) is 0.797. The summed E-state index contributed by atoms with van der Waals surface area (Å²) in [6, 6.07) is 4.51. The van der Waals surface area contributed by atoms with Crippen molar-refractivity contribution in [1.29, 1.82) is 0 Å². The molecule has 6 heteroatoms. The SMILES string of the molecule is Cc1cc(C(=O)NC(C)C(=O)N2CCOCC2)ccc1N. The van der Waals surface area contributed by atoms with Gasteiger partial charge in [0.05, 0.1) is 13.2 Å². The summed E-state index contributed by atoms with van der Waals surface area (Å²) in [5.74, 6) is -0.356. The number of nitrogens with one attached hydrogen (secondary N) is 1. The van der Waals surface area contributed by atoms with Gasteiger partial charge in [0.1, 0.15) is 6.04 Å². The summed E-state index contributed by atoms with van der Waals surface area (Å²) in [6.45, 7) is 5.77. The van der Waals surface area contributed by atoms with Crippen molar-refractivity contribution in [3.8, 4) is 0 Å². The number of nitrogen functional groups attached to an aromatic ring is 1. The Labute approximate surface area is 124 Å². The van der Waals surface area contributed by atoms with Gasteiger partial charge in [-0.2, -0.15) is 0 Å². The highest BCUT2D eigenvalue weighted by Crippen LogP contribution is 2.12. The third-order valence-electron chi connectivity index (χ3n) is 3.57. The number of amides is 2. The minimum Gasteiger partial charge on any atom is -0.399 e. The first kappa shape index (κ1) is 15.3. The molecule has 21 heavy (non-hydrogen) atoms. The molecule has 6 nitrogen and oxygen atoms in total. The molecule has 1 aliphatic heterocycles. The van der Waals surface area contributed by atoms with Crippen molar-refractivity contribution in [3.05, 3.63) is 29.3 Å². The highest BCUT2D eigenvalue weighted by atomic mass is 16.5. The van der Waals surface area contributed by atoms with E-state index >= 15 is 0 Å². The molecule has 1 aromatic carbocycles. The number of nitrogens with two attached hydrogens (primary N) is 1. The number of morpholine rings is 1. The fraction of sp³-hybridized carbons (Fsp3) is 0.467. The van der Waals surface area contributed by atoms with Crippen molar-refractivity contribution in [2.24, 2.45) is 0 Å². The highest BCUT2D eigenvalue weighted by Gasteiger charge is 2.24. The number of aryl methyl sites for hydroxylation is 1. The lowest BCUT2D eigenvalue weighted by molar-refractivity contribution is -0.136. The Balaban J connectivity index is 1.97. The first-order chi connectivity index (χ1) is 9.99. The molecule has 1 saturated heterocycles. The van der Waals surface area contributed by atoms with Gasteiger partial charge >= 0.3 is 0 Å². The van der Waals surface area contributed by atoms with E-state index in [0.717, 1.165) is 5.56 Å². The van der Waals surface area contributed by atoms with Gasteiger partial charge in [-0.1, -0.05) is 0 Å². The van der Waals surface area contributed by atoms with Gasteiger partial charge in [0.15, 0.2) is 0 Å². The van der Waals surface area contributed by atoms with E-state index in [0.29, 0.717) is 37.6 Å². The summed E-state index contributed by atoms with van der Waals surface area (Å²) in [5.41, 5.74) is 7.72. The molecule has 0 aromatic heterocycles. The molecule has 1 fully saturated rings. The molecule has 114 valence electrons. The minimum atomic E-state index is -0.562. The third-order valence-corrected chi connectivity index (χ3v) is 3.57. The van der Waals surface area contributed by atoms with Crippen LogP contribution < -0.4 is 11.1 Å². The zero-order valence-corrected chi connectivity index (χ0v) is 12.4. The predicted octanol–water partition coefficient (Wildman–Crippen LogP) is 0.554. The Morgan fingerprint density at radius 2 is 2.00 bits per heavy atom. The van der Waals surface area contributed by atoms with Crippen molar-refractivity contribution in [2.45, 2.75) is 19.9 Å². The summed E-state index contributed by atoms with van der Waals surface area (Å²) >= 11 is 0. The van der Waals surface area contributed by atoms with Crippen LogP contribution in [0.25, 0.3) is 0 Å². The second-order valence-electron chi connectivity index (χ2n) is 5.20. The van der Waals surface area contributed by atoms with E-state index in [9.17, 15) is 9.59 Å². The molecule has 0 aliphatic carbocycles. The topological polar surface area (TPSA) is 84.7 Å². The van der Waals surface area contributed by atoms with E-state index in [-0.39, 0.29) is 11.8 Å². The van der Waals surface area contributed by atoms with Crippen LogP contribution in [0.4, 0.5) is 5.69 Å². The van der Waals surface area contributed by atoms with Gasteiger partial charge in [-0.3, -0.25) is 9.59 Å². The molecule has 0 radical (unpaired) electrons. The maximum absolute atomic E-state index is 12.2. The van der Waals surface area contributed by atoms with Crippen LogP contribution in [0, 0.1) is 6.92 Å². The summed E-state index contributed by atoms with van der Waals surface area (Å²) < 4.78 is 5.21. The van der Waals surface area contributed by atoms with E-state index < -0.39 is 6.04 Å². The first-order valence-corrected chi connectivity index (χ1v) is 7.02. The standard InChI is InChI=1S/C15H21N3O3/c1-10-9-12(3-4-13(10)16)14(19)17-11(2)15(20)18-5-7-21-8-6-18/h3-4,9,11H,5-8,16H2,1-2H3,(H,17,19). The van der Waals surface area contributed by atoms with Gasteiger partial charge in [-0.15, -0.1) is 0 Å². The number of anilines is 1. The summed E-state index contributed by atoms with van der Waals surface area (Å²) in [5, 5.41) is 2.73. The molecule has 1 heterocycles. The lowest BCUT2D eigenvalue weighted by Crippen LogP contribution is -2.50. The molecule has 3 N–H and O–H groups in total. The van der Waals surface area contributed by atoms with E-state index in [1.54, 1.807) is 30.0 Å². The average Bonchev–Trinajstić information content (AvgIpc) is 2.50. The van der Waals surface area contributed by atoms with Gasteiger partial charge in [-0.25, -0.2) is 0 Å². The average molecular weight is 291 g/mol. The Kier molecular flexibility index (Phi) is 4.80. The molecular formula is C15H21N3O3. The number of nitrogens with zero attached hydrogens (tertiary/aromatic N) is 1. The molecular weight excluding hydrogens is 270 g/mol. The fourth-order valence-corrected chi connectivity index (χ4v) is 2.22. The normalized spacial score (nSPS) is 16.4. The maximum atomic E-state index is 12.2. The Bertz CT molecular complexity index is 539. The molecule has 1 unspecified atom stereocenters. The van der Waals surface area contributed by atoms with Crippen LogP contribution in [-0.2, 0) is 9.53 Å². The number of ether oxygens (including phenoxy) is 1. The van der Waals surface area contributed by atoms with Crippen molar-refractivity contribution in [2.75, 3.05) is 32.0 Å². The smallest absolute Gasteiger partial charge is 0.251 e. The Morgan fingerprint density at radius 3 is 2.62 bits per heavy atom. The van der Waals surface area contributed by atoms with Crippen molar-refractivity contribution < 1.29 is 14.3 Å². The number of hydrogen-bond donors (Lipinski definition) is 2. The van der Waals surface area contributed by atoms with Crippen molar-refractivity contribution >= 4 is 17.5 Å². The highest BCUT2D eigenvalue weighted by molar-refractivity contribution is 5.97. The Morgan fingerprint density at radius 1 is 1.33 bits per heavy atom. The molecule has 2 rings (SSSR count). The lowest BCUT2D eigenvalue weighted by Gasteiger charge is -2.29. The van der Waals surface area contributed by atoms with Crippen molar-refractivity contribution in [3.63, 3.8) is 0 Å². The summed E-state index contributed by atoms with van der Waals surface area (Å²) in [4.78, 5) is 26.1. The van der Waals surface area contributed by atoms with Gasteiger partial charge in [0.2, 0.25) is 5.91 Å². The van der Waals surface area contributed by atoms with Crippen LogP contribution in [0.2, 0.25) is 0 Å². The van der Waals surface area contributed by atoms with Crippen molar-refractivity contribution in [1.82, 2.24) is 10.2 Å². The van der Waals surface area contributed by atoms with Crippen LogP contribution in [0.3, 0.4) is 0 Å². The molecule has 1 aromatic rings. The third kappa shape index (κ3) is 3.72. The molecule has 0 saturated carbocycles. The van der Waals surface area contributed by atoms with Gasteiger partial charge in [0.25, 0.3) is 5.91 Å². The van der Waals surface area contributed by atoms with Crippen LogP contribution in [0.1, 0.15) is 22.8 Å². The number of carbonyl (C=O) groups excluding carboxylic acids is 2. The summed E-state index contributed by atoms with van der Waals surface area (Å²) in [6.07, 6.45) is 0. The van der Waals surface area contributed by atoms with Crippen LogP contribution in [0.15, 0.2) is 18.2 Å². The number of benzene rings is 1. The minimum absolute atomic E-state index is 0.0844. The van der Waals surface area contributed by atoms with E-state index in [1.807, 2.05) is 6.92 Å².